The molecule has 0 aliphatic heterocycles. The van der Waals surface area contributed by atoms with E-state index >= 15 is 0 Å². The molecule has 6 nitrogen and oxygen atoms in total. The van der Waals surface area contributed by atoms with E-state index in [9.17, 15) is 9.90 Å². The van der Waals surface area contributed by atoms with Gasteiger partial charge in [-0.3, -0.25) is 9.89 Å². The van der Waals surface area contributed by atoms with Gasteiger partial charge >= 0.3 is 0 Å². The fourth-order valence-electron chi connectivity index (χ4n) is 1.42. The molecule has 0 saturated carbocycles. The molecular weight excluding hydrogens is 220 g/mol. The lowest BCUT2D eigenvalue weighted by molar-refractivity contribution is 0.0910. The van der Waals surface area contributed by atoms with E-state index in [0.717, 1.165) is 5.69 Å². The highest BCUT2D eigenvalue weighted by molar-refractivity contribution is 5.97. The van der Waals surface area contributed by atoms with Crippen LogP contribution < -0.4 is 11.1 Å². The zero-order valence-corrected chi connectivity index (χ0v) is 10.4. The third-order valence-electron chi connectivity index (χ3n) is 2.60. The van der Waals surface area contributed by atoms with Gasteiger partial charge in [0.25, 0.3) is 5.91 Å². The first-order valence-electron chi connectivity index (χ1n) is 5.77. The highest BCUT2D eigenvalue weighted by Crippen LogP contribution is 2.21. The fourth-order valence-corrected chi connectivity index (χ4v) is 1.42. The molecule has 96 valence electrons. The maximum absolute atomic E-state index is 11.7. The van der Waals surface area contributed by atoms with Gasteiger partial charge in [-0.05, 0) is 12.3 Å². The summed E-state index contributed by atoms with van der Waals surface area (Å²) in [7, 11) is 0. The molecule has 0 aliphatic carbocycles. The quantitative estimate of drug-likeness (QED) is 0.605. The summed E-state index contributed by atoms with van der Waals surface area (Å²) < 4.78 is 0. The number of aliphatic hydroxyl groups excluding tert-OH is 1. The number of aromatic nitrogens is 2. The molecule has 1 atom stereocenters. The van der Waals surface area contributed by atoms with Crippen molar-refractivity contribution in [2.24, 2.45) is 0 Å². The molecule has 1 unspecified atom stereocenters. The molecule has 0 aliphatic rings. The SMILES string of the molecule is CCC(O)CNC(=O)c1n[nH]c(C(C)C)c1N. The molecule has 6 heteroatoms. The predicted octanol–water partition coefficient (Wildman–Crippen LogP) is 0.616. The second-order valence-corrected chi connectivity index (χ2v) is 4.33. The van der Waals surface area contributed by atoms with Crippen LogP contribution in [0.5, 0.6) is 0 Å². The topological polar surface area (TPSA) is 104 Å². The molecule has 0 aromatic carbocycles. The molecule has 1 aromatic heterocycles. The molecule has 0 bridgehead atoms. The second kappa shape index (κ2) is 5.67. The van der Waals surface area contributed by atoms with Crippen LogP contribution in [0.3, 0.4) is 0 Å². The normalized spacial score (nSPS) is 12.8. The van der Waals surface area contributed by atoms with Crippen molar-refractivity contribution in [3.8, 4) is 0 Å². The minimum absolute atomic E-state index is 0.185. The van der Waals surface area contributed by atoms with E-state index in [-0.39, 0.29) is 24.1 Å². The van der Waals surface area contributed by atoms with Crippen molar-refractivity contribution < 1.29 is 9.90 Å². The minimum Gasteiger partial charge on any atom is -0.395 e. The highest BCUT2D eigenvalue weighted by atomic mass is 16.3. The summed E-state index contributed by atoms with van der Waals surface area (Å²) in [5, 5.41) is 18.6. The van der Waals surface area contributed by atoms with Gasteiger partial charge in [-0.15, -0.1) is 0 Å². The van der Waals surface area contributed by atoms with E-state index in [1.807, 2.05) is 20.8 Å². The predicted molar refractivity (Wildman–Crippen MR) is 65.7 cm³/mol. The van der Waals surface area contributed by atoms with Crippen LogP contribution >= 0.6 is 0 Å². The Labute approximate surface area is 101 Å². The first kappa shape index (κ1) is 13.5. The Morgan fingerprint density at radius 1 is 1.59 bits per heavy atom. The van der Waals surface area contributed by atoms with Gasteiger partial charge < -0.3 is 16.2 Å². The number of hydrogen-bond acceptors (Lipinski definition) is 4. The number of anilines is 1. The van der Waals surface area contributed by atoms with Gasteiger partial charge in [-0.25, -0.2) is 0 Å². The number of nitrogens with one attached hydrogen (secondary N) is 2. The van der Waals surface area contributed by atoms with Gasteiger partial charge in [0.15, 0.2) is 5.69 Å². The van der Waals surface area contributed by atoms with E-state index in [0.29, 0.717) is 12.1 Å². The summed E-state index contributed by atoms with van der Waals surface area (Å²) in [6, 6.07) is 0. The zero-order chi connectivity index (χ0) is 13.0. The van der Waals surface area contributed by atoms with Crippen molar-refractivity contribution in [2.75, 3.05) is 12.3 Å². The zero-order valence-electron chi connectivity index (χ0n) is 10.4. The molecule has 0 spiro atoms. The molecule has 5 N–H and O–H groups in total. The molecule has 17 heavy (non-hydrogen) atoms. The maximum atomic E-state index is 11.7. The van der Waals surface area contributed by atoms with Gasteiger partial charge in [0, 0.05) is 6.54 Å². The van der Waals surface area contributed by atoms with Crippen molar-refractivity contribution >= 4 is 11.6 Å². The van der Waals surface area contributed by atoms with Gasteiger partial charge in [0.05, 0.1) is 17.5 Å². The van der Waals surface area contributed by atoms with Crippen molar-refractivity contribution in [1.29, 1.82) is 0 Å². The molecule has 1 heterocycles. The van der Waals surface area contributed by atoms with Crippen LogP contribution in [0.15, 0.2) is 0 Å². The Hall–Kier alpha value is -1.56. The summed E-state index contributed by atoms with van der Waals surface area (Å²) in [4.78, 5) is 11.7. The number of amides is 1. The van der Waals surface area contributed by atoms with Crippen LogP contribution in [0.4, 0.5) is 5.69 Å². The number of rotatable bonds is 5. The largest absolute Gasteiger partial charge is 0.395 e. The number of aliphatic hydroxyl groups is 1. The van der Waals surface area contributed by atoms with Gasteiger partial charge in [0.2, 0.25) is 0 Å². The van der Waals surface area contributed by atoms with Crippen LogP contribution in [0, 0.1) is 0 Å². The molecule has 1 rings (SSSR count). The van der Waals surface area contributed by atoms with Crippen LogP contribution in [-0.2, 0) is 0 Å². The number of carbonyl (C=O) groups excluding carboxylic acids is 1. The van der Waals surface area contributed by atoms with Crippen molar-refractivity contribution in [1.82, 2.24) is 15.5 Å². The monoisotopic (exact) mass is 240 g/mol. The summed E-state index contributed by atoms with van der Waals surface area (Å²) >= 11 is 0. The lowest BCUT2D eigenvalue weighted by Crippen LogP contribution is -2.32. The van der Waals surface area contributed by atoms with Crippen LogP contribution in [-0.4, -0.2) is 33.9 Å². The molecule has 1 aromatic rings. The average Bonchev–Trinajstić information content (AvgIpc) is 2.67. The van der Waals surface area contributed by atoms with Gasteiger partial charge in [0.1, 0.15) is 0 Å². The van der Waals surface area contributed by atoms with Gasteiger partial charge in [-0.2, -0.15) is 5.10 Å². The third kappa shape index (κ3) is 3.20. The summed E-state index contributed by atoms with van der Waals surface area (Å²) in [6.45, 7) is 5.98. The molecule has 0 radical (unpaired) electrons. The number of H-pyrrole nitrogens is 1. The standard InChI is InChI=1S/C11H20N4O2/c1-4-7(16)5-13-11(17)10-8(12)9(6(2)3)14-15-10/h6-7,16H,4-5,12H2,1-3H3,(H,13,17)(H,14,15). The average molecular weight is 240 g/mol. The lowest BCUT2D eigenvalue weighted by atomic mass is 10.1. The first-order chi connectivity index (χ1) is 7.97. The van der Waals surface area contributed by atoms with Crippen LogP contribution in [0.1, 0.15) is 49.3 Å². The van der Waals surface area contributed by atoms with E-state index in [2.05, 4.69) is 15.5 Å². The summed E-state index contributed by atoms with van der Waals surface area (Å²) in [6.07, 6.45) is 0.0526. The number of aromatic amines is 1. The van der Waals surface area contributed by atoms with Crippen LogP contribution in [0.25, 0.3) is 0 Å². The lowest BCUT2D eigenvalue weighted by Gasteiger charge is -2.08. The Morgan fingerprint density at radius 2 is 2.24 bits per heavy atom. The number of carbonyl (C=O) groups is 1. The number of nitrogens with zero attached hydrogens (tertiary/aromatic N) is 1. The van der Waals surface area contributed by atoms with E-state index in [1.165, 1.54) is 0 Å². The maximum Gasteiger partial charge on any atom is 0.274 e. The van der Waals surface area contributed by atoms with E-state index in [4.69, 9.17) is 5.73 Å². The number of nitrogen functional groups attached to an aromatic ring is 1. The molecule has 1 amide bonds. The number of nitrogens with two attached hydrogens (primary N) is 1. The molecule has 0 saturated heterocycles. The minimum atomic E-state index is -0.538. The Morgan fingerprint density at radius 3 is 2.71 bits per heavy atom. The summed E-state index contributed by atoms with van der Waals surface area (Å²) in [5.74, 6) is -0.177. The second-order valence-electron chi connectivity index (χ2n) is 4.33. The number of hydrogen-bond donors (Lipinski definition) is 4. The van der Waals surface area contributed by atoms with Crippen molar-refractivity contribution in [3.63, 3.8) is 0 Å². The van der Waals surface area contributed by atoms with Gasteiger partial charge in [-0.1, -0.05) is 20.8 Å². The Balaban J connectivity index is 2.70. The van der Waals surface area contributed by atoms with Crippen molar-refractivity contribution in [2.45, 2.75) is 39.2 Å². The molecular formula is C11H20N4O2. The first-order valence-corrected chi connectivity index (χ1v) is 5.77. The van der Waals surface area contributed by atoms with E-state index in [1.54, 1.807) is 0 Å². The molecule has 0 fully saturated rings. The fraction of sp³-hybridized carbons (Fsp3) is 0.636. The Bertz CT molecular complexity index is 387. The Kier molecular flexibility index (Phi) is 4.51. The smallest absolute Gasteiger partial charge is 0.274 e. The van der Waals surface area contributed by atoms with E-state index < -0.39 is 6.10 Å². The summed E-state index contributed by atoms with van der Waals surface area (Å²) in [5.41, 5.74) is 7.15. The third-order valence-corrected chi connectivity index (χ3v) is 2.60. The highest BCUT2D eigenvalue weighted by Gasteiger charge is 2.18. The van der Waals surface area contributed by atoms with Crippen molar-refractivity contribution in [3.05, 3.63) is 11.4 Å². The van der Waals surface area contributed by atoms with Crippen LogP contribution in [0.2, 0.25) is 0 Å².